The molecule has 0 aromatic heterocycles. The Morgan fingerprint density at radius 2 is 0.538 bits per heavy atom. The molecule has 3 aliphatic rings. The molecule has 0 aromatic carbocycles. The van der Waals surface area contributed by atoms with Gasteiger partial charge in [-0.05, 0) is 6.08 Å². The van der Waals surface area contributed by atoms with E-state index in [1.165, 1.54) is 193 Å². The van der Waals surface area contributed by atoms with Gasteiger partial charge in [0.25, 0.3) is 0 Å². The molecule has 0 unspecified atom stereocenters. The molecule has 3 saturated carbocycles. The molecule has 0 radical (unpaired) electrons. The first kappa shape index (κ1) is 38.1. The van der Waals surface area contributed by atoms with Crippen molar-refractivity contribution < 1.29 is 20.1 Å². The van der Waals surface area contributed by atoms with Gasteiger partial charge in [-0.1, -0.05) is 193 Å². The molecule has 3 aliphatic carbocycles. The molecule has 4 nitrogen and oxygen atoms in total. The first-order valence-electron chi connectivity index (χ1n) is 17.4. The monoisotopic (exact) mass is 553 g/mol. The zero-order valence-electron chi connectivity index (χ0n) is 26.0. The van der Waals surface area contributed by atoms with Gasteiger partial charge in [0.15, 0.2) is 0 Å². The summed E-state index contributed by atoms with van der Waals surface area (Å²) in [6, 6.07) is 0. The number of aliphatic carboxylic acids is 1. The molecule has 0 heterocycles. The molecule has 0 bridgehead atoms. The van der Waals surface area contributed by atoms with Gasteiger partial charge in [0.1, 0.15) is 0 Å². The average molecular weight is 553 g/mol. The topological polar surface area (TPSA) is 77.8 Å². The van der Waals surface area contributed by atoms with Crippen LogP contribution in [0.1, 0.15) is 193 Å². The van der Waals surface area contributed by atoms with E-state index >= 15 is 0 Å². The molecule has 3 N–H and O–H groups in total. The highest BCUT2D eigenvalue weighted by Crippen LogP contribution is 2.17. The van der Waals surface area contributed by atoms with Crippen LogP contribution in [-0.4, -0.2) is 34.5 Å². The van der Waals surface area contributed by atoms with Crippen LogP contribution in [0.4, 0.5) is 0 Å². The molecular formula is C35H68O4. The number of hydrogen-bond acceptors (Lipinski definition) is 3. The van der Waals surface area contributed by atoms with Gasteiger partial charge in [-0.25, -0.2) is 4.79 Å². The smallest absolute Gasteiger partial charge is 0.333 e. The van der Waals surface area contributed by atoms with Crippen molar-refractivity contribution in [2.45, 2.75) is 193 Å². The number of aliphatic hydroxyl groups excluding tert-OH is 2. The minimum atomic E-state index is -1.20. The third-order valence-electron chi connectivity index (χ3n) is 8.28. The van der Waals surface area contributed by atoms with Crippen molar-refractivity contribution in [1.29, 1.82) is 0 Å². The van der Waals surface area contributed by atoms with Gasteiger partial charge < -0.3 is 15.3 Å². The van der Waals surface area contributed by atoms with E-state index < -0.39 is 12.6 Å². The standard InChI is InChI=1S/3C10H20.C5H8O4/c3*1-2-4-6-8-10-9-7-5-3-1;6-2-1-4(3-7)5(8)9/h3*1-10H2;1,6-7H,2-3H2,(H,8,9). The second-order valence-corrected chi connectivity index (χ2v) is 12.0. The molecule has 0 amide bonds. The van der Waals surface area contributed by atoms with Crippen molar-refractivity contribution in [1.82, 2.24) is 0 Å². The molecule has 0 spiro atoms. The second-order valence-electron chi connectivity index (χ2n) is 12.0. The Kier molecular flexibility index (Phi) is 32.6. The Morgan fingerprint density at radius 1 is 0.385 bits per heavy atom. The molecule has 3 fully saturated rings. The van der Waals surface area contributed by atoms with E-state index in [2.05, 4.69) is 0 Å². The number of carboxylic acid groups (broad SMARTS) is 1. The van der Waals surface area contributed by atoms with Gasteiger partial charge in [-0.2, -0.15) is 0 Å². The minimum Gasteiger partial charge on any atom is -0.478 e. The SMILES string of the molecule is C1CCCCCCCCC1.C1CCCCCCCCC1.C1CCCCCCCCC1.O=C(O)C(=CCO)CO. The predicted octanol–water partition coefficient (Wildman–Crippen LogP) is 10.7. The maximum absolute atomic E-state index is 9.98. The quantitative estimate of drug-likeness (QED) is 0.304. The van der Waals surface area contributed by atoms with Gasteiger partial charge in [-0.3, -0.25) is 0 Å². The van der Waals surface area contributed by atoms with E-state index in [0.29, 0.717) is 0 Å². The molecule has 0 atom stereocenters. The summed E-state index contributed by atoms with van der Waals surface area (Å²) in [6.07, 6.45) is 46.0. The van der Waals surface area contributed by atoms with Crippen LogP contribution in [0.3, 0.4) is 0 Å². The van der Waals surface area contributed by atoms with Gasteiger partial charge in [0.2, 0.25) is 0 Å². The number of hydrogen-bond donors (Lipinski definition) is 3. The Morgan fingerprint density at radius 3 is 0.590 bits per heavy atom. The van der Waals surface area contributed by atoms with Crippen LogP contribution in [-0.2, 0) is 4.79 Å². The largest absolute Gasteiger partial charge is 0.478 e. The maximum atomic E-state index is 9.98. The number of rotatable bonds is 3. The summed E-state index contributed by atoms with van der Waals surface area (Å²) in [5, 5.41) is 24.6. The molecule has 4 heteroatoms. The Bertz CT molecular complexity index is 370. The maximum Gasteiger partial charge on any atom is 0.333 e. The number of carboxylic acids is 1. The van der Waals surface area contributed by atoms with E-state index in [4.69, 9.17) is 15.3 Å². The molecule has 232 valence electrons. The van der Waals surface area contributed by atoms with Crippen LogP contribution in [0, 0.1) is 0 Å². The summed E-state index contributed by atoms with van der Waals surface area (Å²) >= 11 is 0. The van der Waals surface area contributed by atoms with Crippen molar-refractivity contribution >= 4 is 5.97 Å². The fourth-order valence-electron chi connectivity index (χ4n) is 5.63. The van der Waals surface area contributed by atoms with E-state index in [1.807, 2.05) is 0 Å². The van der Waals surface area contributed by atoms with Crippen LogP contribution in [0.5, 0.6) is 0 Å². The molecule has 0 aliphatic heterocycles. The summed E-state index contributed by atoms with van der Waals surface area (Å²) < 4.78 is 0. The first-order valence-corrected chi connectivity index (χ1v) is 17.4. The summed E-state index contributed by atoms with van der Waals surface area (Å²) in [6.45, 7) is -0.905. The lowest BCUT2D eigenvalue weighted by atomic mass is 10.0. The van der Waals surface area contributed by atoms with Crippen LogP contribution in [0.15, 0.2) is 11.6 Å². The number of carbonyl (C=O) groups is 1. The van der Waals surface area contributed by atoms with E-state index in [0.717, 1.165) is 6.08 Å². The zero-order valence-corrected chi connectivity index (χ0v) is 26.0. The van der Waals surface area contributed by atoms with E-state index in [1.54, 1.807) is 0 Å². The zero-order chi connectivity index (χ0) is 28.5. The third-order valence-corrected chi connectivity index (χ3v) is 8.28. The van der Waals surface area contributed by atoms with Gasteiger partial charge in [-0.15, -0.1) is 0 Å². The summed E-state index contributed by atoms with van der Waals surface area (Å²) in [7, 11) is 0. The Labute approximate surface area is 243 Å². The van der Waals surface area contributed by atoms with E-state index in [-0.39, 0.29) is 12.2 Å². The lowest BCUT2D eigenvalue weighted by molar-refractivity contribution is -0.133. The Hall–Kier alpha value is -0.870. The summed E-state index contributed by atoms with van der Waals surface area (Å²) in [4.78, 5) is 9.98. The normalized spacial score (nSPS) is 21.1. The molecule has 0 aromatic rings. The van der Waals surface area contributed by atoms with Crippen LogP contribution < -0.4 is 0 Å². The summed E-state index contributed by atoms with van der Waals surface area (Å²) in [5.74, 6) is -1.20. The first-order chi connectivity index (χ1) is 19.2. The highest BCUT2D eigenvalue weighted by atomic mass is 16.4. The van der Waals surface area contributed by atoms with Gasteiger partial charge in [0.05, 0.1) is 18.8 Å². The number of aliphatic hydroxyl groups is 2. The van der Waals surface area contributed by atoms with Crippen molar-refractivity contribution in [3.63, 3.8) is 0 Å². The van der Waals surface area contributed by atoms with Crippen molar-refractivity contribution in [2.24, 2.45) is 0 Å². The third kappa shape index (κ3) is 31.5. The lowest BCUT2D eigenvalue weighted by Gasteiger charge is -2.05. The Balaban J connectivity index is 0.000000494. The van der Waals surface area contributed by atoms with Crippen LogP contribution in [0.25, 0.3) is 0 Å². The van der Waals surface area contributed by atoms with Crippen molar-refractivity contribution in [3.8, 4) is 0 Å². The highest BCUT2D eigenvalue weighted by Gasteiger charge is 2.02. The fraction of sp³-hybridized carbons (Fsp3) is 0.914. The second kappa shape index (κ2) is 33.3. The molecule has 3 rings (SSSR count). The van der Waals surface area contributed by atoms with Gasteiger partial charge in [0, 0.05) is 0 Å². The fourth-order valence-corrected chi connectivity index (χ4v) is 5.63. The molecule has 39 heavy (non-hydrogen) atoms. The molecule has 0 saturated heterocycles. The van der Waals surface area contributed by atoms with Crippen molar-refractivity contribution in [3.05, 3.63) is 11.6 Å². The van der Waals surface area contributed by atoms with E-state index in [9.17, 15) is 4.79 Å². The van der Waals surface area contributed by atoms with Crippen molar-refractivity contribution in [2.75, 3.05) is 13.2 Å². The van der Waals surface area contributed by atoms with Crippen LogP contribution in [0.2, 0.25) is 0 Å². The van der Waals surface area contributed by atoms with Gasteiger partial charge >= 0.3 is 5.97 Å². The predicted molar refractivity (Wildman–Crippen MR) is 168 cm³/mol. The average Bonchev–Trinajstić information content (AvgIpc) is 2.97. The highest BCUT2D eigenvalue weighted by molar-refractivity contribution is 5.86. The molecular weight excluding hydrogens is 484 g/mol. The summed E-state index contributed by atoms with van der Waals surface area (Å²) in [5.41, 5.74) is -0.183. The lowest BCUT2D eigenvalue weighted by Crippen LogP contribution is -2.05. The van der Waals surface area contributed by atoms with Crippen LogP contribution >= 0.6 is 0 Å². The minimum absolute atomic E-state index is 0.183.